The Bertz CT molecular complexity index is 1120. The van der Waals surface area contributed by atoms with E-state index in [2.05, 4.69) is 10.3 Å². The third-order valence-corrected chi connectivity index (χ3v) is 5.29. The lowest BCUT2D eigenvalue weighted by Gasteiger charge is -2.33. The molecule has 1 unspecified atom stereocenters. The van der Waals surface area contributed by atoms with Crippen LogP contribution in [0, 0.1) is 13.8 Å². The summed E-state index contributed by atoms with van der Waals surface area (Å²) in [6.45, 7) is 3.09. The molecule has 32 heavy (non-hydrogen) atoms. The van der Waals surface area contributed by atoms with Crippen molar-refractivity contribution in [1.82, 2.24) is 14.9 Å². The molecule has 3 heterocycles. The number of aryl methyl sites for hydroxylation is 2. The summed E-state index contributed by atoms with van der Waals surface area (Å²) in [6.07, 6.45) is -4.78. The third kappa shape index (κ3) is 4.02. The summed E-state index contributed by atoms with van der Waals surface area (Å²) in [4.78, 5) is 14.5. The van der Waals surface area contributed by atoms with Crippen LogP contribution in [0.5, 0.6) is 11.5 Å². The number of amides is 1. The maximum Gasteiger partial charge on any atom is 0.410 e. The molecule has 4 rings (SSSR count). The Morgan fingerprint density at radius 2 is 1.91 bits per heavy atom. The van der Waals surface area contributed by atoms with Crippen LogP contribution >= 0.6 is 0 Å². The molecule has 1 amide bonds. The van der Waals surface area contributed by atoms with Gasteiger partial charge in [0.25, 0.3) is 5.91 Å². The van der Waals surface area contributed by atoms with E-state index < -0.39 is 18.1 Å². The Balaban J connectivity index is 1.58. The SMILES string of the molecule is COc1ccc(OCc2c(C(=O)N3CCC(C(F)(F)F)n4nc(C)cc43)noc2C)cc1. The topological polar surface area (TPSA) is 82.6 Å². The molecule has 170 valence electrons. The molecule has 0 saturated carbocycles. The molecule has 2 aromatic heterocycles. The van der Waals surface area contributed by atoms with E-state index in [4.69, 9.17) is 14.0 Å². The number of hydrogen-bond acceptors (Lipinski definition) is 6. The van der Waals surface area contributed by atoms with Gasteiger partial charge in [0.15, 0.2) is 11.7 Å². The maximum atomic E-state index is 13.4. The maximum absolute atomic E-state index is 13.4. The van der Waals surface area contributed by atoms with Gasteiger partial charge in [-0.05, 0) is 44.5 Å². The van der Waals surface area contributed by atoms with E-state index in [1.165, 1.54) is 11.0 Å². The summed E-state index contributed by atoms with van der Waals surface area (Å²) in [5, 5.41) is 7.83. The van der Waals surface area contributed by atoms with Gasteiger partial charge >= 0.3 is 6.18 Å². The van der Waals surface area contributed by atoms with Gasteiger partial charge in [0.2, 0.25) is 0 Å². The molecule has 1 aliphatic heterocycles. The molecule has 0 fully saturated rings. The van der Waals surface area contributed by atoms with Gasteiger partial charge in [0.05, 0.1) is 18.4 Å². The largest absolute Gasteiger partial charge is 0.497 e. The molecule has 3 aromatic rings. The molecule has 1 atom stereocenters. The van der Waals surface area contributed by atoms with Crippen molar-refractivity contribution in [3.05, 3.63) is 53.0 Å². The number of alkyl halides is 3. The first-order valence-electron chi connectivity index (χ1n) is 9.85. The summed E-state index contributed by atoms with van der Waals surface area (Å²) < 4.78 is 57.2. The van der Waals surface area contributed by atoms with E-state index in [0.717, 1.165) is 4.68 Å². The van der Waals surface area contributed by atoms with E-state index in [1.54, 1.807) is 45.2 Å². The van der Waals surface area contributed by atoms with Gasteiger partial charge in [0, 0.05) is 12.6 Å². The van der Waals surface area contributed by atoms with Crippen molar-refractivity contribution in [1.29, 1.82) is 0 Å². The van der Waals surface area contributed by atoms with E-state index in [-0.39, 0.29) is 31.1 Å². The first-order chi connectivity index (χ1) is 15.2. The number of halogens is 3. The third-order valence-electron chi connectivity index (χ3n) is 5.29. The first kappa shape index (κ1) is 21.7. The Morgan fingerprint density at radius 3 is 2.56 bits per heavy atom. The van der Waals surface area contributed by atoms with Crippen LogP contribution < -0.4 is 14.4 Å². The Morgan fingerprint density at radius 1 is 1.22 bits per heavy atom. The molecule has 8 nitrogen and oxygen atoms in total. The number of methoxy groups -OCH3 is 1. The molecule has 1 aromatic carbocycles. The monoisotopic (exact) mass is 450 g/mol. The number of ether oxygens (including phenoxy) is 2. The standard InChI is InChI=1S/C21H21F3N4O4/c1-12-10-18-27(9-8-17(21(22,23)24)28(18)25-12)20(29)19-16(13(2)32-26-19)11-31-15-6-4-14(30-3)5-7-15/h4-7,10,17H,8-9,11H2,1-3H3. The number of carbonyl (C=O) groups excluding carboxylic acids is 1. The lowest BCUT2D eigenvalue weighted by molar-refractivity contribution is -0.172. The predicted octanol–water partition coefficient (Wildman–Crippen LogP) is 4.23. The fourth-order valence-corrected chi connectivity index (χ4v) is 3.61. The van der Waals surface area contributed by atoms with Crippen molar-refractivity contribution in [2.24, 2.45) is 0 Å². The summed E-state index contributed by atoms with van der Waals surface area (Å²) in [7, 11) is 1.55. The number of hydrogen-bond donors (Lipinski definition) is 0. The van der Waals surface area contributed by atoms with Gasteiger partial charge in [0.1, 0.15) is 29.7 Å². The van der Waals surface area contributed by atoms with Crippen LogP contribution in [0.1, 0.15) is 40.0 Å². The van der Waals surface area contributed by atoms with Crippen molar-refractivity contribution < 1.29 is 32.0 Å². The van der Waals surface area contributed by atoms with Crippen LogP contribution in [0.2, 0.25) is 0 Å². The number of carbonyl (C=O) groups is 1. The lowest BCUT2D eigenvalue weighted by Crippen LogP contribution is -2.43. The molecule has 0 bridgehead atoms. The Kier molecular flexibility index (Phi) is 5.57. The van der Waals surface area contributed by atoms with E-state index >= 15 is 0 Å². The lowest BCUT2D eigenvalue weighted by atomic mass is 10.1. The highest BCUT2D eigenvalue weighted by Gasteiger charge is 2.46. The van der Waals surface area contributed by atoms with Crippen molar-refractivity contribution >= 4 is 11.7 Å². The number of fused-ring (bicyclic) bond motifs is 1. The van der Waals surface area contributed by atoms with E-state index in [0.29, 0.717) is 28.5 Å². The highest BCUT2D eigenvalue weighted by molar-refractivity contribution is 6.05. The molecule has 1 aliphatic rings. The molecule has 0 N–H and O–H groups in total. The van der Waals surface area contributed by atoms with Crippen LogP contribution in [0.15, 0.2) is 34.9 Å². The average molecular weight is 450 g/mol. The van der Waals surface area contributed by atoms with Crippen LogP contribution in [-0.2, 0) is 6.61 Å². The Hall–Kier alpha value is -3.50. The molecule has 0 radical (unpaired) electrons. The second kappa shape index (κ2) is 8.21. The van der Waals surface area contributed by atoms with Gasteiger partial charge in [-0.25, -0.2) is 4.68 Å². The minimum Gasteiger partial charge on any atom is -0.497 e. The zero-order valence-electron chi connectivity index (χ0n) is 17.6. The average Bonchev–Trinajstić information content (AvgIpc) is 3.32. The smallest absolute Gasteiger partial charge is 0.410 e. The molecule has 0 spiro atoms. The molecule has 0 aliphatic carbocycles. The quantitative estimate of drug-likeness (QED) is 0.579. The zero-order chi connectivity index (χ0) is 23.0. The van der Waals surface area contributed by atoms with Crippen molar-refractivity contribution in [2.75, 3.05) is 18.6 Å². The Labute approximate surface area is 181 Å². The second-order valence-electron chi connectivity index (χ2n) is 7.42. The molecular weight excluding hydrogens is 429 g/mol. The van der Waals surface area contributed by atoms with Crippen molar-refractivity contribution in [3.8, 4) is 11.5 Å². The van der Waals surface area contributed by atoms with Crippen LogP contribution in [0.3, 0.4) is 0 Å². The second-order valence-corrected chi connectivity index (χ2v) is 7.42. The van der Waals surface area contributed by atoms with E-state index in [9.17, 15) is 18.0 Å². The summed E-state index contributed by atoms with van der Waals surface area (Å²) in [5.41, 5.74) is 0.798. The summed E-state index contributed by atoms with van der Waals surface area (Å²) in [5.74, 6) is 1.10. The number of nitrogens with zero attached hydrogens (tertiary/aromatic N) is 4. The van der Waals surface area contributed by atoms with Crippen LogP contribution in [-0.4, -0.2) is 40.7 Å². The highest BCUT2D eigenvalue weighted by atomic mass is 19.4. The summed E-state index contributed by atoms with van der Waals surface area (Å²) >= 11 is 0. The van der Waals surface area contributed by atoms with Gasteiger partial charge in [-0.15, -0.1) is 0 Å². The summed E-state index contributed by atoms with van der Waals surface area (Å²) in [6, 6.07) is 6.56. The van der Waals surface area contributed by atoms with Gasteiger partial charge in [-0.3, -0.25) is 9.69 Å². The van der Waals surface area contributed by atoms with Gasteiger partial charge in [-0.2, -0.15) is 18.3 Å². The fourth-order valence-electron chi connectivity index (χ4n) is 3.61. The number of benzene rings is 1. The highest BCUT2D eigenvalue weighted by Crippen LogP contribution is 2.40. The molecular formula is C21H21F3N4O4. The molecule has 0 saturated heterocycles. The normalized spacial score (nSPS) is 16.1. The fraction of sp³-hybridized carbons (Fsp3) is 0.381. The molecule has 11 heteroatoms. The van der Waals surface area contributed by atoms with Crippen LogP contribution in [0.4, 0.5) is 19.0 Å². The van der Waals surface area contributed by atoms with Crippen LogP contribution in [0.25, 0.3) is 0 Å². The first-order valence-corrected chi connectivity index (χ1v) is 9.85. The van der Waals surface area contributed by atoms with Crippen molar-refractivity contribution in [2.45, 2.75) is 39.1 Å². The van der Waals surface area contributed by atoms with E-state index in [1.807, 2.05) is 0 Å². The van der Waals surface area contributed by atoms with Gasteiger partial charge in [-0.1, -0.05) is 5.16 Å². The zero-order valence-corrected chi connectivity index (χ0v) is 17.6. The number of aromatic nitrogens is 3. The minimum absolute atomic E-state index is 0.0000409. The van der Waals surface area contributed by atoms with Crippen molar-refractivity contribution in [3.63, 3.8) is 0 Å². The minimum atomic E-state index is -4.47. The number of anilines is 1. The predicted molar refractivity (Wildman–Crippen MR) is 107 cm³/mol. The van der Waals surface area contributed by atoms with Gasteiger partial charge < -0.3 is 14.0 Å². The number of rotatable bonds is 5.